The van der Waals surface area contributed by atoms with Crippen LogP contribution in [0.25, 0.3) is 0 Å². The highest BCUT2D eigenvalue weighted by atomic mass is 35.5. The first-order valence-electron chi connectivity index (χ1n) is 7.23. The molecule has 1 aliphatic carbocycles. The maximum atomic E-state index is 13.8. The normalized spacial score (nSPS) is 20.2. The van der Waals surface area contributed by atoms with Gasteiger partial charge in [0.05, 0.1) is 12.1 Å². The second kappa shape index (κ2) is 7.23. The molecule has 126 valence electrons. The van der Waals surface area contributed by atoms with Crippen LogP contribution >= 0.6 is 11.6 Å². The molecule has 0 radical (unpaired) electrons. The molecule has 0 spiro atoms. The molecule has 2 N–H and O–H groups in total. The van der Waals surface area contributed by atoms with Gasteiger partial charge >= 0.3 is 5.97 Å². The monoisotopic (exact) mass is 346 g/mol. The summed E-state index contributed by atoms with van der Waals surface area (Å²) >= 11 is 5.45. The van der Waals surface area contributed by atoms with Crippen LogP contribution in [0.3, 0.4) is 0 Å². The van der Waals surface area contributed by atoms with Crippen molar-refractivity contribution in [3.63, 3.8) is 0 Å². The standard InChI is InChI=1S/C15H17ClF2N2O3/c1-2-20(7-12(21)22)9-5-8(6-9)19-15(23)10-3-4-11(17)13(16)14(10)18/h3-4,8-9H,2,5-7H2,1H3,(H,19,23)(H,21,22). The summed E-state index contributed by atoms with van der Waals surface area (Å²) in [6.45, 7) is 2.41. The Bertz CT molecular complexity index is 621. The smallest absolute Gasteiger partial charge is 0.317 e. The maximum Gasteiger partial charge on any atom is 0.317 e. The van der Waals surface area contributed by atoms with Gasteiger partial charge in [0.2, 0.25) is 0 Å². The van der Waals surface area contributed by atoms with Crippen molar-refractivity contribution in [2.45, 2.75) is 31.8 Å². The van der Waals surface area contributed by atoms with Crippen LogP contribution in [0, 0.1) is 11.6 Å². The van der Waals surface area contributed by atoms with Crippen LogP contribution in [-0.2, 0) is 4.79 Å². The molecule has 1 fully saturated rings. The van der Waals surface area contributed by atoms with Crippen LogP contribution in [-0.4, -0.2) is 47.1 Å². The third-order valence-corrected chi connectivity index (χ3v) is 4.34. The summed E-state index contributed by atoms with van der Waals surface area (Å²) in [5.41, 5.74) is -0.308. The zero-order chi connectivity index (χ0) is 17.1. The van der Waals surface area contributed by atoms with Crippen molar-refractivity contribution in [2.75, 3.05) is 13.1 Å². The van der Waals surface area contributed by atoms with Gasteiger partial charge in [-0.25, -0.2) is 8.78 Å². The molecule has 1 saturated carbocycles. The average molecular weight is 347 g/mol. The molecule has 2 rings (SSSR count). The first-order chi connectivity index (χ1) is 10.8. The first-order valence-corrected chi connectivity index (χ1v) is 7.61. The van der Waals surface area contributed by atoms with Gasteiger partial charge in [-0.15, -0.1) is 0 Å². The Morgan fingerprint density at radius 3 is 2.61 bits per heavy atom. The third kappa shape index (κ3) is 3.97. The Morgan fingerprint density at radius 1 is 1.39 bits per heavy atom. The molecule has 1 amide bonds. The van der Waals surface area contributed by atoms with E-state index >= 15 is 0 Å². The number of nitrogens with one attached hydrogen (secondary N) is 1. The van der Waals surface area contributed by atoms with Gasteiger partial charge in [-0.05, 0) is 31.5 Å². The SMILES string of the molecule is CCN(CC(=O)O)C1CC(NC(=O)c2ccc(F)c(Cl)c2F)C1. The lowest BCUT2D eigenvalue weighted by Crippen LogP contribution is -2.54. The van der Waals surface area contributed by atoms with Crippen molar-refractivity contribution in [3.05, 3.63) is 34.4 Å². The minimum absolute atomic E-state index is 0.0516. The summed E-state index contributed by atoms with van der Waals surface area (Å²) in [5, 5.41) is 10.8. The molecular weight excluding hydrogens is 330 g/mol. The van der Waals surface area contributed by atoms with Crippen molar-refractivity contribution >= 4 is 23.5 Å². The van der Waals surface area contributed by atoms with E-state index in [0.29, 0.717) is 19.4 Å². The van der Waals surface area contributed by atoms with E-state index < -0.39 is 28.5 Å². The summed E-state index contributed by atoms with van der Waals surface area (Å²) in [7, 11) is 0. The molecule has 1 aromatic rings. The number of nitrogens with zero attached hydrogens (tertiary/aromatic N) is 1. The van der Waals surface area contributed by atoms with E-state index in [0.717, 1.165) is 12.1 Å². The number of aliphatic carboxylic acids is 1. The quantitative estimate of drug-likeness (QED) is 0.775. The lowest BCUT2D eigenvalue weighted by atomic mass is 9.85. The molecule has 5 nitrogen and oxygen atoms in total. The van der Waals surface area contributed by atoms with Crippen LogP contribution in [0.5, 0.6) is 0 Å². The van der Waals surface area contributed by atoms with Gasteiger partial charge in [0.1, 0.15) is 10.8 Å². The van der Waals surface area contributed by atoms with Gasteiger partial charge in [-0.3, -0.25) is 14.5 Å². The maximum absolute atomic E-state index is 13.8. The number of rotatable bonds is 6. The Labute approximate surface area is 137 Å². The average Bonchev–Trinajstić information content (AvgIpc) is 2.45. The van der Waals surface area contributed by atoms with Crippen molar-refractivity contribution in [3.8, 4) is 0 Å². The molecule has 0 unspecified atom stereocenters. The predicted molar refractivity (Wildman–Crippen MR) is 80.5 cm³/mol. The van der Waals surface area contributed by atoms with Crippen LogP contribution in [0.2, 0.25) is 5.02 Å². The fourth-order valence-corrected chi connectivity index (χ4v) is 2.81. The number of hydrogen-bond acceptors (Lipinski definition) is 3. The second-order valence-electron chi connectivity index (χ2n) is 5.48. The highest BCUT2D eigenvalue weighted by Crippen LogP contribution is 2.27. The molecule has 0 atom stereocenters. The molecule has 23 heavy (non-hydrogen) atoms. The van der Waals surface area contributed by atoms with Crippen molar-refractivity contribution < 1.29 is 23.5 Å². The summed E-state index contributed by atoms with van der Waals surface area (Å²) in [4.78, 5) is 24.6. The Balaban J connectivity index is 1.92. The molecule has 0 aliphatic heterocycles. The Hall–Kier alpha value is -1.73. The highest BCUT2D eigenvalue weighted by molar-refractivity contribution is 6.31. The van der Waals surface area contributed by atoms with Gasteiger partial charge < -0.3 is 10.4 Å². The predicted octanol–water partition coefficient (Wildman–Crippen LogP) is 2.29. The number of likely N-dealkylation sites (N-methyl/N-ethyl adjacent to an activating group) is 1. The van der Waals surface area contributed by atoms with Crippen molar-refractivity contribution in [1.82, 2.24) is 10.2 Å². The number of carboxylic acid groups (broad SMARTS) is 1. The van der Waals surface area contributed by atoms with E-state index in [-0.39, 0.29) is 24.2 Å². The Kier molecular flexibility index (Phi) is 5.54. The zero-order valence-corrected chi connectivity index (χ0v) is 13.2. The van der Waals surface area contributed by atoms with Gasteiger partial charge in [-0.2, -0.15) is 0 Å². The summed E-state index contributed by atoms with van der Waals surface area (Å²) in [6.07, 6.45) is 1.17. The van der Waals surface area contributed by atoms with E-state index in [1.165, 1.54) is 0 Å². The lowest BCUT2D eigenvalue weighted by Gasteiger charge is -2.42. The van der Waals surface area contributed by atoms with Crippen LogP contribution in [0.15, 0.2) is 12.1 Å². The van der Waals surface area contributed by atoms with E-state index in [2.05, 4.69) is 5.32 Å². The second-order valence-corrected chi connectivity index (χ2v) is 5.85. The number of hydrogen-bond donors (Lipinski definition) is 2. The van der Waals surface area contributed by atoms with Crippen LogP contribution in [0.4, 0.5) is 8.78 Å². The molecule has 0 saturated heterocycles. The van der Waals surface area contributed by atoms with E-state index in [1.807, 2.05) is 6.92 Å². The summed E-state index contributed by atoms with van der Waals surface area (Å²) in [6, 6.07) is 1.89. The lowest BCUT2D eigenvalue weighted by molar-refractivity contribution is -0.139. The molecule has 0 aromatic heterocycles. The Morgan fingerprint density at radius 2 is 2.04 bits per heavy atom. The van der Waals surface area contributed by atoms with Crippen LogP contribution < -0.4 is 5.32 Å². The fraction of sp³-hybridized carbons (Fsp3) is 0.467. The molecule has 0 bridgehead atoms. The van der Waals surface area contributed by atoms with Gasteiger partial charge in [-0.1, -0.05) is 18.5 Å². The minimum Gasteiger partial charge on any atom is -0.480 e. The molecule has 1 aliphatic rings. The van der Waals surface area contributed by atoms with E-state index in [4.69, 9.17) is 16.7 Å². The van der Waals surface area contributed by atoms with Gasteiger partial charge in [0, 0.05) is 12.1 Å². The van der Waals surface area contributed by atoms with Gasteiger partial charge in [0.15, 0.2) is 5.82 Å². The minimum atomic E-state index is -1.08. The number of carboxylic acids is 1. The van der Waals surface area contributed by atoms with Crippen molar-refractivity contribution in [2.24, 2.45) is 0 Å². The number of halogens is 3. The summed E-state index contributed by atoms with van der Waals surface area (Å²) in [5.74, 6) is -3.56. The zero-order valence-electron chi connectivity index (χ0n) is 12.5. The highest BCUT2D eigenvalue weighted by Gasteiger charge is 2.35. The molecular formula is C15H17ClF2N2O3. The summed E-state index contributed by atoms with van der Waals surface area (Å²) < 4.78 is 26.9. The number of benzene rings is 1. The van der Waals surface area contributed by atoms with Crippen molar-refractivity contribution in [1.29, 1.82) is 0 Å². The molecule has 8 heteroatoms. The number of carbonyl (C=O) groups is 2. The van der Waals surface area contributed by atoms with E-state index in [9.17, 15) is 18.4 Å². The molecule has 1 aromatic carbocycles. The fourth-order valence-electron chi connectivity index (χ4n) is 2.64. The van der Waals surface area contributed by atoms with Gasteiger partial charge in [0.25, 0.3) is 5.91 Å². The topological polar surface area (TPSA) is 69.6 Å². The largest absolute Gasteiger partial charge is 0.480 e. The van der Waals surface area contributed by atoms with E-state index in [1.54, 1.807) is 4.90 Å². The number of carbonyl (C=O) groups excluding carboxylic acids is 1. The third-order valence-electron chi connectivity index (χ3n) is 3.99. The number of amides is 1. The van der Waals surface area contributed by atoms with Crippen LogP contribution in [0.1, 0.15) is 30.1 Å². The molecule has 0 heterocycles. The first kappa shape index (κ1) is 17.6.